The van der Waals surface area contributed by atoms with Crippen LogP contribution in [0.25, 0.3) is 0 Å². The predicted octanol–water partition coefficient (Wildman–Crippen LogP) is 3.90. The van der Waals surface area contributed by atoms with Crippen LogP contribution in [-0.4, -0.2) is 48.0 Å². The lowest BCUT2D eigenvalue weighted by Crippen LogP contribution is -2.30. The molecule has 25 heavy (non-hydrogen) atoms. The van der Waals surface area contributed by atoms with E-state index < -0.39 is 0 Å². The summed E-state index contributed by atoms with van der Waals surface area (Å²) in [7, 11) is 4.15. The number of nitrogens with zero attached hydrogens (tertiary/aromatic N) is 2. The average Bonchev–Trinajstić information content (AvgIpc) is 3.03. The van der Waals surface area contributed by atoms with Crippen LogP contribution in [0.3, 0.4) is 0 Å². The Balaban J connectivity index is 1.51. The Morgan fingerprint density at radius 2 is 1.76 bits per heavy atom. The lowest BCUT2D eigenvalue weighted by molar-refractivity contribution is 0.0655. The molecular formula is C19H22N2O2S2. The van der Waals surface area contributed by atoms with E-state index in [1.54, 1.807) is 36.0 Å². The summed E-state index contributed by atoms with van der Waals surface area (Å²) >= 11 is 3.64. The molecular weight excluding hydrogens is 352 g/mol. The van der Waals surface area contributed by atoms with Crippen molar-refractivity contribution in [2.45, 2.75) is 24.1 Å². The predicted molar refractivity (Wildman–Crippen MR) is 104 cm³/mol. The van der Waals surface area contributed by atoms with Crippen LogP contribution in [0.15, 0.2) is 34.5 Å². The van der Waals surface area contributed by atoms with Crippen molar-refractivity contribution in [3.8, 4) is 0 Å². The van der Waals surface area contributed by atoms with Gasteiger partial charge < -0.3 is 4.90 Å². The first kappa shape index (κ1) is 18.2. The van der Waals surface area contributed by atoms with E-state index in [0.717, 1.165) is 18.7 Å². The van der Waals surface area contributed by atoms with E-state index >= 15 is 0 Å². The molecule has 0 atom stereocenters. The number of rotatable bonds is 7. The quantitative estimate of drug-likeness (QED) is 0.419. The summed E-state index contributed by atoms with van der Waals surface area (Å²) in [5, 5.41) is 0. The highest BCUT2D eigenvalue weighted by Crippen LogP contribution is 2.32. The number of carbonyl (C=O) groups is 2. The molecule has 132 valence electrons. The molecule has 4 nitrogen and oxygen atoms in total. The fraction of sp³-hybridized carbons (Fsp3) is 0.368. The third-order valence-electron chi connectivity index (χ3n) is 4.11. The molecule has 1 aromatic carbocycles. The minimum atomic E-state index is -0.161. The molecule has 0 unspecified atom stereocenters. The van der Waals surface area contributed by atoms with Crippen LogP contribution in [-0.2, 0) is 6.54 Å². The second kappa shape index (κ2) is 7.72. The van der Waals surface area contributed by atoms with Crippen molar-refractivity contribution in [1.82, 2.24) is 9.80 Å². The van der Waals surface area contributed by atoms with Crippen molar-refractivity contribution in [2.24, 2.45) is 0 Å². The molecule has 2 heterocycles. The number of hydrogen-bond acceptors (Lipinski definition) is 5. The van der Waals surface area contributed by atoms with Crippen LogP contribution in [0.5, 0.6) is 0 Å². The maximum Gasteiger partial charge on any atom is 0.261 e. The second-order valence-electron chi connectivity index (χ2n) is 6.42. The number of fused-ring (bicyclic) bond motifs is 1. The van der Waals surface area contributed by atoms with Gasteiger partial charge in [-0.3, -0.25) is 14.5 Å². The first-order chi connectivity index (χ1) is 12.0. The van der Waals surface area contributed by atoms with Crippen LogP contribution >= 0.6 is 23.1 Å². The van der Waals surface area contributed by atoms with E-state index in [9.17, 15) is 9.59 Å². The molecule has 0 bridgehead atoms. The summed E-state index contributed by atoms with van der Waals surface area (Å²) in [5.41, 5.74) is 2.39. The third-order valence-corrected chi connectivity index (χ3v) is 6.62. The van der Waals surface area contributed by atoms with Crippen molar-refractivity contribution >= 4 is 34.9 Å². The van der Waals surface area contributed by atoms with Crippen molar-refractivity contribution in [1.29, 1.82) is 0 Å². The number of imide groups is 1. The number of carbonyl (C=O) groups excluding carboxylic acids is 2. The van der Waals surface area contributed by atoms with E-state index in [1.165, 1.54) is 19.5 Å². The normalized spacial score (nSPS) is 13.8. The number of benzene rings is 1. The van der Waals surface area contributed by atoms with E-state index in [0.29, 0.717) is 17.7 Å². The molecule has 2 amide bonds. The summed E-state index contributed by atoms with van der Waals surface area (Å²) in [6, 6.07) is 9.29. The van der Waals surface area contributed by atoms with Gasteiger partial charge in [-0.15, -0.1) is 23.1 Å². The van der Waals surface area contributed by atoms with Crippen LogP contribution in [0.1, 0.15) is 37.6 Å². The molecule has 0 aliphatic carbocycles. The Morgan fingerprint density at radius 3 is 2.36 bits per heavy atom. The minimum absolute atomic E-state index is 0.161. The number of amides is 2. The van der Waals surface area contributed by atoms with Crippen LogP contribution in [0, 0.1) is 6.92 Å². The van der Waals surface area contributed by atoms with Gasteiger partial charge >= 0.3 is 0 Å². The minimum Gasteiger partial charge on any atom is -0.304 e. The van der Waals surface area contributed by atoms with E-state index in [1.807, 2.05) is 11.3 Å². The molecule has 0 fully saturated rings. The molecule has 1 aliphatic heterocycles. The van der Waals surface area contributed by atoms with E-state index in [2.05, 4.69) is 32.0 Å². The topological polar surface area (TPSA) is 40.6 Å². The van der Waals surface area contributed by atoms with Gasteiger partial charge in [0.05, 0.1) is 15.3 Å². The maximum atomic E-state index is 12.3. The summed E-state index contributed by atoms with van der Waals surface area (Å²) < 4.78 is 1.30. The molecule has 3 rings (SSSR count). The fourth-order valence-electron chi connectivity index (χ4n) is 2.84. The van der Waals surface area contributed by atoms with Gasteiger partial charge in [0.2, 0.25) is 0 Å². The van der Waals surface area contributed by atoms with Gasteiger partial charge in [-0.05, 0) is 51.2 Å². The molecule has 1 aliphatic rings. The molecule has 0 saturated heterocycles. The van der Waals surface area contributed by atoms with Gasteiger partial charge in [-0.1, -0.05) is 12.1 Å². The number of thiophene rings is 1. The smallest absolute Gasteiger partial charge is 0.261 e. The highest BCUT2D eigenvalue weighted by molar-refractivity contribution is 8.01. The summed E-state index contributed by atoms with van der Waals surface area (Å²) in [5.74, 6) is 0.575. The van der Waals surface area contributed by atoms with Crippen LogP contribution < -0.4 is 0 Å². The zero-order valence-corrected chi connectivity index (χ0v) is 16.4. The standard InChI is InChI=1S/C19H22N2O2S2/c1-13-11-17(25-16(13)12-20(2)3)24-10-6-9-21-18(22)14-7-4-5-8-15(14)19(21)23/h4-5,7-8,11H,6,9-10,12H2,1-3H3. The molecule has 0 spiro atoms. The Kier molecular flexibility index (Phi) is 5.61. The Hall–Kier alpha value is -1.63. The van der Waals surface area contributed by atoms with Crippen molar-refractivity contribution in [3.63, 3.8) is 0 Å². The number of hydrogen-bond donors (Lipinski definition) is 0. The van der Waals surface area contributed by atoms with E-state index in [-0.39, 0.29) is 11.8 Å². The fourth-order valence-corrected chi connectivity index (χ4v) is 5.39. The Morgan fingerprint density at radius 1 is 1.12 bits per heavy atom. The maximum absolute atomic E-state index is 12.3. The molecule has 0 radical (unpaired) electrons. The van der Waals surface area contributed by atoms with Crippen molar-refractivity contribution in [3.05, 3.63) is 51.9 Å². The number of aryl methyl sites for hydroxylation is 1. The van der Waals surface area contributed by atoms with Gasteiger partial charge in [-0.2, -0.15) is 0 Å². The molecule has 0 N–H and O–H groups in total. The summed E-state index contributed by atoms with van der Waals surface area (Å²) in [6.45, 7) is 3.60. The summed E-state index contributed by atoms with van der Waals surface area (Å²) in [4.78, 5) is 29.6. The van der Waals surface area contributed by atoms with Gasteiger partial charge in [0, 0.05) is 23.7 Å². The Labute approximate surface area is 156 Å². The highest BCUT2D eigenvalue weighted by atomic mass is 32.2. The van der Waals surface area contributed by atoms with Crippen molar-refractivity contribution < 1.29 is 9.59 Å². The molecule has 1 aromatic heterocycles. The van der Waals surface area contributed by atoms with Crippen LogP contribution in [0.4, 0.5) is 0 Å². The zero-order valence-electron chi connectivity index (χ0n) is 14.7. The van der Waals surface area contributed by atoms with E-state index in [4.69, 9.17) is 0 Å². The monoisotopic (exact) mass is 374 g/mol. The Bertz CT molecular complexity index is 763. The van der Waals surface area contributed by atoms with Gasteiger partial charge in [0.25, 0.3) is 11.8 Å². The molecule has 0 saturated carbocycles. The SMILES string of the molecule is Cc1cc(SCCCN2C(=O)c3ccccc3C2=O)sc1CN(C)C. The largest absolute Gasteiger partial charge is 0.304 e. The van der Waals surface area contributed by atoms with Gasteiger partial charge in [0.15, 0.2) is 0 Å². The van der Waals surface area contributed by atoms with Gasteiger partial charge in [-0.25, -0.2) is 0 Å². The first-order valence-corrected chi connectivity index (χ1v) is 10.1. The molecule has 6 heteroatoms. The second-order valence-corrected chi connectivity index (χ2v) is 8.95. The van der Waals surface area contributed by atoms with Crippen LogP contribution in [0.2, 0.25) is 0 Å². The number of thioether (sulfide) groups is 1. The van der Waals surface area contributed by atoms with Crippen molar-refractivity contribution in [2.75, 3.05) is 26.4 Å². The third kappa shape index (κ3) is 3.97. The zero-order chi connectivity index (χ0) is 18.0. The summed E-state index contributed by atoms with van der Waals surface area (Å²) in [6.07, 6.45) is 0.802. The van der Waals surface area contributed by atoms with Gasteiger partial charge in [0.1, 0.15) is 0 Å². The first-order valence-electron chi connectivity index (χ1n) is 8.29. The average molecular weight is 375 g/mol. The highest BCUT2D eigenvalue weighted by Gasteiger charge is 2.34. The molecule has 2 aromatic rings. The lowest BCUT2D eigenvalue weighted by Gasteiger charge is -2.13. The lowest BCUT2D eigenvalue weighted by atomic mass is 10.1.